The minimum atomic E-state index is -0.653. The van der Waals surface area contributed by atoms with Crippen LogP contribution < -0.4 is 10.5 Å². The number of benzene rings is 1. The molecule has 1 aromatic heterocycles. The summed E-state index contributed by atoms with van der Waals surface area (Å²) in [6, 6.07) is 4.19. The number of pyridine rings is 1. The lowest BCUT2D eigenvalue weighted by atomic mass is 10.1. The molecule has 3 nitrogen and oxygen atoms in total. The van der Waals surface area contributed by atoms with Gasteiger partial charge in [-0.2, -0.15) is 0 Å². The largest absolute Gasteiger partial charge is 0.481 e. The topological polar surface area (TPSA) is 48.1 Å². The van der Waals surface area contributed by atoms with Crippen molar-refractivity contribution in [2.75, 3.05) is 5.73 Å². The third-order valence-corrected chi connectivity index (χ3v) is 3.58. The maximum Gasteiger partial charge on any atom is 0.177 e. The molecule has 6 heteroatoms. The molecule has 0 aliphatic rings. The van der Waals surface area contributed by atoms with E-state index >= 15 is 0 Å². The molecule has 0 saturated carbocycles. The molecule has 1 heterocycles. The lowest BCUT2D eigenvalue weighted by molar-refractivity contribution is 0.226. The molecule has 1 unspecified atom stereocenters. The molecule has 21 heavy (non-hydrogen) atoms. The monoisotopic (exact) mass is 324 g/mol. The van der Waals surface area contributed by atoms with E-state index in [4.69, 9.17) is 40.1 Å². The molecule has 1 aromatic carbocycles. The lowest BCUT2D eigenvalue weighted by Crippen LogP contribution is -2.09. The molecule has 2 N–H and O–H groups in total. The van der Waals surface area contributed by atoms with Gasteiger partial charge in [0.2, 0.25) is 0 Å². The average molecular weight is 325 g/mol. The first kappa shape index (κ1) is 15.4. The van der Waals surface area contributed by atoms with E-state index in [1.807, 2.05) is 0 Å². The summed E-state index contributed by atoms with van der Waals surface area (Å²) in [7, 11) is 0. The Kier molecular flexibility index (Phi) is 4.56. The third-order valence-electron chi connectivity index (χ3n) is 2.87. The summed E-state index contributed by atoms with van der Waals surface area (Å²) < 4.78 is 19.3. The Bertz CT molecular complexity index is 728. The van der Waals surface area contributed by atoms with Gasteiger partial charge in [0.1, 0.15) is 11.9 Å². The summed E-state index contributed by atoms with van der Waals surface area (Å²) in [4.78, 5) is 3.91. The number of ether oxygens (including phenoxy) is 1. The number of anilines is 1. The first-order valence-corrected chi connectivity index (χ1v) is 6.72. The Balaban J connectivity index is 2.43. The predicted octanol–water partition coefficient (Wildman–Crippen LogP) is 4.23. The molecule has 0 saturated heterocycles. The fourth-order valence-electron chi connectivity index (χ4n) is 1.85. The van der Waals surface area contributed by atoms with Crippen LogP contribution in [0.3, 0.4) is 0 Å². The van der Waals surface area contributed by atoms with Crippen molar-refractivity contribution in [1.29, 1.82) is 0 Å². The summed E-state index contributed by atoms with van der Waals surface area (Å²) in [5.74, 6) is 2.25. The number of nitrogens with zero attached hydrogens (tertiary/aromatic N) is 1. The second kappa shape index (κ2) is 6.21. The van der Waals surface area contributed by atoms with Crippen LogP contribution in [0.1, 0.15) is 24.2 Å². The van der Waals surface area contributed by atoms with Gasteiger partial charge in [0.05, 0.1) is 10.6 Å². The fraction of sp³-hybridized carbons (Fsp3) is 0.133. The molecule has 2 rings (SSSR count). The van der Waals surface area contributed by atoms with Crippen molar-refractivity contribution in [2.24, 2.45) is 0 Å². The second-order valence-electron chi connectivity index (χ2n) is 4.23. The van der Waals surface area contributed by atoms with Crippen molar-refractivity contribution in [3.05, 3.63) is 51.4 Å². The van der Waals surface area contributed by atoms with Crippen LogP contribution in [0.15, 0.2) is 24.4 Å². The smallest absolute Gasteiger partial charge is 0.177 e. The predicted molar refractivity (Wildman–Crippen MR) is 82.0 cm³/mol. The van der Waals surface area contributed by atoms with Crippen LogP contribution in [0.4, 0.5) is 10.2 Å². The van der Waals surface area contributed by atoms with Crippen molar-refractivity contribution in [3.8, 4) is 18.1 Å². The number of hydrogen-bond donors (Lipinski definition) is 1. The molecule has 0 bridgehead atoms. The molecule has 0 radical (unpaired) electrons. The highest BCUT2D eigenvalue weighted by Gasteiger charge is 2.20. The highest BCUT2D eigenvalue weighted by molar-refractivity contribution is 6.36. The maximum absolute atomic E-state index is 13.6. The van der Waals surface area contributed by atoms with Gasteiger partial charge in [-0.1, -0.05) is 29.1 Å². The number of rotatable bonds is 3. The number of halogens is 3. The van der Waals surface area contributed by atoms with Crippen molar-refractivity contribution in [3.63, 3.8) is 0 Å². The molecule has 0 aliphatic carbocycles. The summed E-state index contributed by atoms with van der Waals surface area (Å²) in [5, 5.41) is 0.193. The van der Waals surface area contributed by atoms with Gasteiger partial charge in [0, 0.05) is 16.8 Å². The van der Waals surface area contributed by atoms with Crippen molar-refractivity contribution in [2.45, 2.75) is 13.0 Å². The fourth-order valence-corrected chi connectivity index (χ4v) is 2.53. The van der Waals surface area contributed by atoms with E-state index in [2.05, 4.69) is 10.9 Å². The van der Waals surface area contributed by atoms with Crippen LogP contribution in [0, 0.1) is 18.2 Å². The molecule has 0 aliphatic heterocycles. The van der Waals surface area contributed by atoms with E-state index in [0.717, 1.165) is 0 Å². The van der Waals surface area contributed by atoms with E-state index in [0.29, 0.717) is 16.1 Å². The van der Waals surface area contributed by atoms with Crippen LogP contribution in [0.2, 0.25) is 10.0 Å². The first-order chi connectivity index (χ1) is 9.95. The zero-order chi connectivity index (χ0) is 15.6. The maximum atomic E-state index is 13.6. The number of nitrogen functional groups attached to an aromatic ring is 1. The van der Waals surface area contributed by atoms with Gasteiger partial charge < -0.3 is 10.5 Å². The highest BCUT2D eigenvalue weighted by atomic mass is 35.5. The second-order valence-corrected chi connectivity index (χ2v) is 5.02. The Labute approximate surface area is 131 Å². The summed E-state index contributed by atoms with van der Waals surface area (Å²) in [6.45, 7) is 1.67. The Hall–Kier alpha value is -1.96. The van der Waals surface area contributed by atoms with E-state index in [1.54, 1.807) is 13.0 Å². The van der Waals surface area contributed by atoms with Gasteiger partial charge >= 0.3 is 0 Å². The van der Waals surface area contributed by atoms with Gasteiger partial charge in [0.25, 0.3) is 0 Å². The molecular weight excluding hydrogens is 314 g/mol. The molecule has 2 aromatic rings. The molecule has 0 fully saturated rings. The normalized spacial score (nSPS) is 11.8. The SMILES string of the molecule is C#Cc1ccnc(N)c1OC(C)c1c(Cl)ccc(F)c1Cl. The summed E-state index contributed by atoms with van der Waals surface area (Å²) >= 11 is 12.0. The Morgan fingerprint density at radius 1 is 1.38 bits per heavy atom. The van der Waals surface area contributed by atoms with Crippen LogP contribution in [0.25, 0.3) is 0 Å². The lowest BCUT2D eigenvalue weighted by Gasteiger charge is -2.19. The first-order valence-electron chi connectivity index (χ1n) is 5.96. The summed E-state index contributed by atoms with van der Waals surface area (Å²) in [5.41, 5.74) is 6.52. The molecule has 1 atom stereocenters. The van der Waals surface area contributed by atoms with E-state index in [1.165, 1.54) is 18.3 Å². The molecule has 0 spiro atoms. The van der Waals surface area contributed by atoms with Gasteiger partial charge in [-0.25, -0.2) is 9.37 Å². The van der Waals surface area contributed by atoms with Gasteiger partial charge in [-0.15, -0.1) is 6.42 Å². The van der Waals surface area contributed by atoms with Crippen molar-refractivity contribution < 1.29 is 9.13 Å². The van der Waals surface area contributed by atoms with Gasteiger partial charge in [-0.3, -0.25) is 0 Å². The minimum absolute atomic E-state index is 0.0975. The summed E-state index contributed by atoms with van der Waals surface area (Å²) in [6.07, 6.45) is 6.22. The van der Waals surface area contributed by atoms with E-state index < -0.39 is 11.9 Å². The Morgan fingerprint density at radius 2 is 2.10 bits per heavy atom. The standard InChI is InChI=1S/C15H11Cl2FN2O/c1-3-9-6-7-20-15(19)14(9)21-8(2)12-10(16)4-5-11(18)13(12)17/h1,4-8H,2H3,(H2,19,20). The zero-order valence-corrected chi connectivity index (χ0v) is 12.5. The van der Waals surface area contributed by atoms with Crippen LogP contribution >= 0.6 is 23.2 Å². The number of terminal acetylenes is 1. The van der Waals surface area contributed by atoms with Gasteiger partial charge in [-0.05, 0) is 25.1 Å². The van der Waals surface area contributed by atoms with E-state index in [-0.39, 0.29) is 16.6 Å². The van der Waals surface area contributed by atoms with E-state index in [9.17, 15) is 4.39 Å². The molecular formula is C15H11Cl2FN2O. The van der Waals surface area contributed by atoms with Crippen molar-refractivity contribution >= 4 is 29.0 Å². The quantitative estimate of drug-likeness (QED) is 0.678. The van der Waals surface area contributed by atoms with Crippen molar-refractivity contribution in [1.82, 2.24) is 4.98 Å². The van der Waals surface area contributed by atoms with Crippen LogP contribution in [0.5, 0.6) is 5.75 Å². The van der Waals surface area contributed by atoms with Crippen LogP contribution in [-0.4, -0.2) is 4.98 Å². The number of hydrogen-bond acceptors (Lipinski definition) is 3. The number of aromatic nitrogens is 1. The minimum Gasteiger partial charge on any atom is -0.481 e. The van der Waals surface area contributed by atoms with Crippen LogP contribution in [-0.2, 0) is 0 Å². The highest BCUT2D eigenvalue weighted by Crippen LogP contribution is 2.36. The average Bonchev–Trinajstić information content (AvgIpc) is 2.45. The molecule has 108 valence electrons. The third kappa shape index (κ3) is 3.05. The number of nitrogens with two attached hydrogens (primary N) is 1. The zero-order valence-electron chi connectivity index (χ0n) is 11.0. The Morgan fingerprint density at radius 3 is 2.76 bits per heavy atom. The van der Waals surface area contributed by atoms with Gasteiger partial charge in [0.15, 0.2) is 11.6 Å². The molecule has 0 amide bonds.